The molecular formula is C21H18ClN3O2S. The van der Waals surface area contributed by atoms with Gasteiger partial charge >= 0.3 is 0 Å². The topological polar surface area (TPSA) is 71.1 Å². The number of nitrogens with zero attached hydrogens (tertiary/aromatic N) is 1. The first-order valence-corrected chi connectivity index (χ1v) is 9.98. The minimum absolute atomic E-state index is 0.0318. The SMILES string of the molecule is O=C(CS[C@H](c1ccccc1)c1ccc(Cl)cc1)NNC(=O)c1ccccn1. The van der Waals surface area contributed by atoms with Gasteiger partial charge in [0.1, 0.15) is 5.69 Å². The zero-order valence-electron chi connectivity index (χ0n) is 14.8. The molecule has 0 radical (unpaired) electrons. The standard InChI is InChI=1S/C21H18ClN3O2S/c22-17-11-9-16(10-12-17)20(15-6-2-1-3-7-15)28-14-19(26)24-25-21(27)18-8-4-5-13-23-18/h1-13,20H,14H2,(H,24,26)(H,25,27)/t20-/m1/s1. The van der Waals surface area contributed by atoms with Crippen LogP contribution in [0.2, 0.25) is 5.02 Å². The van der Waals surface area contributed by atoms with Crippen LogP contribution in [0.3, 0.4) is 0 Å². The van der Waals surface area contributed by atoms with Crippen LogP contribution in [0.1, 0.15) is 26.9 Å². The first-order valence-electron chi connectivity index (χ1n) is 8.56. The lowest BCUT2D eigenvalue weighted by atomic mass is 10.0. The Kier molecular flexibility index (Phi) is 7.06. The Hall–Kier alpha value is -2.83. The third kappa shape index (κ3) is 5.58. The fraction of sp³-hybridized carbons (Fsp3) is 0.0952. The summed E-state index contributed by atoms with van der Waals surface area (Å²) in [4.78, 5) is 28.1. The number of carbonyl (C=O) groups excluding carboxylic acids is 2. The fourth-order valence-corrected chi connectivity index (χ4v) is 3.75. The van der Waals surface area contributed by atoms with E-state index in [-0.39, 0.29) is 22.6 Å². The van der Waals surface area contributed by atoms with Crippen molar-refractivity contribution in [3.63, 3.8) is 0 Å². The van der Waals surface area contributed by atoms with E-state index >= 15 is 0 Å². The molecule has 1 aromatic heterocycles. The van der Waals surface area contributed by atoms with Crippen LogP contribution < -0.4 is 10.9 Å². The number of hydrogen-bond donors (Lipinski definition) is 2. The summed E-state index contributed by atoms with van der Waals surface area (Å²) >= 11 is 7.46. The first kappa shape index (κ1) is 19.9. The van der Waals surface area contributed by atoms with Gasteiger partial charge in [0.25, 0.3) is 5.91 Å². The number of pyridine rings is 1. The minimum Gasteiger partial charge on any atom is -0.272 e. The van der Waals surface area contributed by atoms with Crippen molar-refractivity contribution in [2.75, 3.05) is 5.75 Å². The Labute approximate surface area is 172 Å². The fourth-order valence-electron chi connectivity index (χ4n) is 2.53. The van der Waals surface area contributed by atoms with E-state index in [1.54, 1.807) is 18.2 Å². The van der Waals surface area contributed by atoms with Crippen LogP contribution in [0.5, 0.6) is 0 Å². The summed E-state index contributed by atoms with van der Waals surface area (Å²) in [6.45, 7) is 0. The molecule has 2 N–H and O–H groups in total. The van der Waals surface area contributed by atoms with Gasteiger partial charge in [0.2, 0.25) is 5.91 Å². The Bertz CT molecular complexity index is 921. The Morgan fingerprint density at radius 1 is 0.893 bits per heavy atom. The number of rotatable bonds is 6. The van der Waals surface area contributed by atoms with Crippen molar-refractivity contribution in [3.05, 3.63) is 101 Å². The lowest BCUT2D eigenvalue weighted by Gasteiger charge is -2.18. The van der Waals surface area contributed by atoms with E-state index in [4.69, 9.17) is 11.6 Å². The summed E-state index contributed by atoms with van der Waals surface area (Å²) in [7, 11) is 0. The van der Waals surface area contributed by atoms with Crippen molar-refractivity contribution < 1.29 is 9.59 Å². The third-order valence-corrected chi connectivity index (χ3v) is 5.43. The largest absolute Gasteiger partial charge is 0.288 e. The van der Waals surface area contributed by atoms with Crippen molar-refractivity contribution in [1.82, 2.24) is 15.8 Å². The van der Waals surface area contributed by atoms with Crippen LogP contribution in [-0.4, -0.2) is 22.6 Å². The highest BCUT2D eigenvalue weighted by atomic mass is 35.5. The molecule has 0 aliphatic heterocycles. The number of halogens is 1. The summed E-state index contributed by atoms with van der Waals surface area (Å²) in [5.74, 6) is -0.592. The second-order valence-corrected chi connectivity index (χ2v) is 7.40. The van der Waals surface area contributed by atoms with Gasteiger partial charge in [-0.15, -0.1) is 11.8 Å². The number of amides is 2. The van der Waals surface area contributed by atoms with Crippen LogP contribution >= 0.6 is 23.4 Å². The normalized spacial score (nSPS) is 11.5. The molecule has 0 aliphatic rings. The summed E-state index contributed by atoms with van der Waals surface area (Å²) in [6, 6.07) is 22.5. The van der Waals surface area contributed by atoms with Crippen LogP contribution in [-0.2, 0) is 4.79 Å². The van der Waals surface area contributed by atoms with Gasteiger partial charge in [0.15, 0.2) is 0 Å². The Morgan fingerprint density at radius 3 is 2.25 bits per heavy atom. The van der Waals surface area contributed by atoms with Gasteiger partial charge in [-0.2, -0.15) is 0 Å². The van der Waals surface area contributed by atoms with Crippen molar-refractivity contribution in [3.8, 4) is 0 Å². The van der Waals surface area contributed by atoms with Gasteiger partial charge in [0.05, 0.1) is 11.0 Å². The molecule has 2 aromatic carbocycles. The molecular weight excluding hydrogens is 394 g/mol. The molecule has 0 spiro atoms. The van der Waals surface area contributed by atoms with E-state index < -0.39 is 5.91 Å². The van der Waals surface area contributed by atoms with Gasteiger partial charge < -0.3 is 0 Å². The number of benzene rings is 2. The van der Waals surface area contributed by atoms with E-state index in [0.29, 0.717) is 5.02 Å². The summed E-state index contributed by atoms with van der Waals surface area (Å²) in [5.41, 5.74) is 7.17. The van der Waals surface area contributed by atoms with Gasteiger partial charge in [-0.1, -0.05) is 60.1 Å². The molecule has 1 atom stereocenters. The molecule has 0 fully saturated rings. The maximum absolute atomic E-state index is 12.2. The van der Waals surface area contributed by atoms with E-state index in [1.165, 1.54) is 18.0 Å². The molecule has 0 unspecified atom stereocenters. The number of thioether (sulfide) groups is 1. The molecule has 3 rings (SSSR count). The second kappa shape index (κ2) is 9.92. The van der Waals surface area contributed by atoms with Crippen molar-refractivity contribution in [1.29, 1.82) is 0 Å². The molecule has 0 saturated heterocycles. The van der Waals surface area contributed by atoms with Gasteiger partial charge in [-0.25, -0.2) is 0 Å². The molecule has 0 aliphatic carbocycles. The highest BCUT2D eigenvalue weighted by molar-refractivity contribution is 8.00. The summed E-state index contributed by atoms with van der Waals surface area (Å²) in [6.07, 6.45) is 1.52. The molecule has 1 heterocycles. The Morgan fingerprint density at radius 2 is 1.57 bits per heavy atom. The first-order chi connectivity index (χ1) is 13.6. The van der Waals surface area contributed by atoms with E-state index in [1.807, 2.05) is 54.6 Å². The van der Waals surface area contributed by atoms with Crippen LogP contribution in [0.4, 0.5) is 0 Å². The molecule has 7 heteroatoms. The van der Waals surface area contributed by atoms with Gasteiger partial charge in [-0.05, 0) is 35.4 Å². The predicted molar refractivity (Wildman–Crippen MR) is 112 cm³/mol. The van der Waals surface area contributed by atoms with Crippen LogP contribution in [0, 0.1) is 0 Å². The van der Waals surface area contributed by atoms with Crippen molar-refractivity contribution >= 4 is 35.2 Å². The summed E-state index contributed by atoms with van der Waals surface area (Å²) < 4.78 is 0. The molecule has 2 amide bonds. The maximum atomic E-state index is 12.2. The number of nitrogens with one attached hydrogen (secondary N) is 2. The molecule has 142 valence electrons. The van der Waals surface area contributed by atoms with Crippen molar-refractivity contribution in [2.45, 2.75) is 5.25 Å². The summed E-state index contributed by atoms with van der Waals surface area (Å²) in [5, 5.41) is 0.631. The highest BCUT2D eigenvalue weighted by Crippen LogP contribution is 2.35. The Balaban J connectivity index is 1.61. The lowest BCUT2D eigenvalue weighted by Crippen LogP contribution is -2.42. The molecule has 5 nitrogen and oxygen atoms in total. The second-order valence-electron chi connectivity index (χ2n) is 5.87. The number of aromatic nitrogens is 1. The molecule has 0 saturated carbocycles. The highest BCUT2D eigenvalue weighted by Gasteiger charge is 2.17. The average Bonchev–Trinajstić information content (AvgIpc) is 2.75. The van der Waals surface area contributed by atoms with E-state index in [2.05, 4.69) is 15.8 Å². The predicted octanol–water partition coefficient (Wildman–Crippen LogP) is 4.02. The van der Waals surface area contributed by atoms with Gasteiger partial charge in [-0.3, -0.25) is 25.4 Å². The number of hydrazine groups is 1. The van der Waals surface area contributed by atoms with Crippen LogP contribution in [0.25, 0.3) is 0 Å². The third-order valence-electron chi connectivity index (χ3n) is 3.87. The zero-order valence-corrected chi connectivity index (χ0v) is 16.4. The average molecular weight is 412 g/mol. The number of hydrogen-bond acceptors (Lipinski definition) is 4. The van der Waals surface area contributed by atoms with Gasteiger partial charge in [0, 0.05) is 11.2 Å². The molecule has 0 bridgehead atoms. The zero-order chi connectivity index (χ0) is 19.8. The van der Waals surface area contributed by atoms with Crippen LogP contribution in [0.15, 0.2) is 79.0 Å². The minimum atomic E-state index is -0.462. The van der Waals surface area contributed by atoms with E-state index in [9.17, 15) is 9.59 Å². The number of carbonyl (C=O) groups is 2. The quantitative estimate of drug-likeness (QED) is 0.601. The monoisotopic (exact) mass is 411 g/mol. The molecule has 28 heavy (non-hydrogen) atoms. The smallest absolute Gasteiger partial charge is 0.272 e. The maximum Gasteiger partial charge on any atom is 0.288 e. The molecule has 3 aromatic rings. The van der Waals surface area contributed by atoms with E-state index in [0.717, 1.165) is 11.1 Å². The lowest BCUT2D eigenvalue weighted by molar-refractivity contribution is -0.119. The van der Waals surface area contributed by atoms with Crippen molar-refractivity contribution in [2.24, 2.45) is 0 Å².